The quantitative estimate of drug-likeness (QED) is 0.884. The molecule has 1 amide bonds. The van der Waals surface area contributed by atoms with Crippen LogP contribution in [0.1, 0.15) is 16.1 Å². The van der Waals surface area contributed by atoms with Crippen molar-refractivity contribution in [1.82, 2.24) is 15.0 Å². The molecule has 0 aliphatic rings. The minimum absolute atomic E-state index is 0.275. The fraction of sp³-hybridized carbons (Fsp3) is 0.0909. The summed E-state index contributed by atoms with van der Waals surface area (Å²) in [4.78, 5) is 23.6. The number of amides is 1. The van der Waals surface area contributed by atoms with E-state index in [0.29, 0.717) is 11.5 Å². The highest BCUT2D eigenvalue weighted by Crippen LogP contribution is 2.08. The van der Waals surface area contributed by atoms with Gasteiger partial charge in [0.1, 0.15) is 10.8 Å². The van der Waals surface area contributed by atoms with Gasteiger partial charge in [0, 0.05) is 6.20 Å². The average molecular weight is 249 g/mol. The average Bonchev–Trinajstić information content (AvgIpc) is 2.32. The topological polar surface area (TPSA) is 67.8 Å². The number of nitrogens with one attached hydrogen (secondary N) is 1. The third-order valence-corrected chi connectivity index (χ3v) is 2.28. The molecule has 0 atom stereocenters. The lowest BCUT2D eigenvalue weighted by atomic mass is 10.2. The number of hydrogen-bond acceptors (Lipinski definition) is 4. The third kappa shape index (κ3) is 2.76. The van der Waals surface area contributed by atoms with Crippen molar-refractivity contribution in [2.45, 2.75) is 6.92 Å². The maximum atomic E-state index is 11.8. The van der Waals surface area contributed by atoms with Crippen molar-refractivity contribution in [3.8, 4) is 0 Å². The first-order chi connectivity index (χ1) is 8.16. The molecule has 2 aromatic rings. The van der Waals surface area contributed by atoms with Gasteiger partial charge in [-0.3, -0.25) is 9.78 Å². The lowest BCUT2D eigenvalue weighted by Gasteiger charge is -2.05. The number of hydrogen-bond donors (Lipinski definition) is 1. The molecule has 0 aliphatic heterocycles. The summed E-state index contributed by atoms with van der Waals surface area (Å²) in [6, 6.07) is 3.59. The predicted molar refractivity (Wildman–Crippen MR) is 64.0 cm³/mol. The van der Waals surface area contributed by atoms with Crippen molar-refractivity contribution in [2.24, 2.45) is 0 Å². The van der Waals surface area contributed by atoms with Crippen LogP contribution in [0.15, 0.2) is 30.7 Å². The Balaban J connectivity index is 2.17. The number of aromatic nitrogens is 3. The molecule has 6 heteroatoms. The molecule has 2 rings (SSSR count). The molecule has 17 heavy (non-hydrogen) atoms. The summed E-state index contributed by atoms with van der Waals surface area (Å²) in [6.07, 6.45) is 4.32. The Hall–Kier alpha value is -2.01. The summed E-state index contributed by atoms with van der Waals surface area (Å²) < 4.78 is 0. The fourth-order valence-corrected chi connectivity index (χ4v) is 1.37. The first-order valence-electron chi connectivity index (χ1n) is 4.87. The minimum atomic E-state index is -0.320. The molecule has 0 saturated carbocycles. The molecular weight excluding hydrogens is 240 g/mol. The van der Waals surface area contributed by atoms with Gasteiger partial charge in [0.2, 0.25) is 0 Å². The Kier molecular flexibility index (Phi) is 3.30. The van der Waals surface area contributed by atoms with Gasteiger partial charge in [-0.15, -0.1) is 0 Å². The van der Waals surface area contributed by atoms with Gasteiger partial charge in [-0.2, -0.15) is 0 Å². The van der Waals surface area contributed by atoms with Crippen LogP contribution in [0.25, 0.3) is 0 Å². The lowest BCUT2D eigenvalue weighted by molar-refractivity contribution is 0.102. The van der Waals surface area contributed by atoms with Crippen LogP contribution in [-0.2, 0) is 0 Å². The molecule has 1 N–H and O–H groups in total. The van der Waals surface area contributed by atoms with Crippen LogP contribution >= 0.6 is 11.6 Å². The molecule has 0 aromatic carbocycles. The summed E-state index contributed by atoms with van der Waals surface area (Å²) in [5.74, 6) is 0.0178. The number of aryl methyl sites for hydroxylation is 1. The van der Waals surface area contributed by atoms with Crippen molar-refractivity contribution in [3.63, 3.8) is 0 Å². The molecule has 0 spiro atoms. The van der Waals surface area contributed by atoms with E-state index in [4.69, 9.17) is 11.6 Å². The molecule has 0 unspecified atom stereocenters. The fourth-order valence-electron chi connectivity index (χ4n) is 1.28. The second kappa shape index (κ2) is 4.88. The van der Waals surface area contributed by atoms with Gasteiger partial charge in [-0.25, -0.2) is 9.97 Å². The predicted octanol–water partition coefficient (Wildman–Crippen LogP) is 2.09. The lowest BCUT2D eigenvalue weighted by Crippen LogP contribution is -2.16. The van der Waals surface area contributed by atoms with E-state index >= 15 is 0 Å². The maximum Gasteiger partial charge on any atom is 0.275 e. The van der Waals surface area contributed by atoms with E-state index < -0.39 is 0 Å². The number of anilines is 1. The van der Waals surface area contributed by atoms with E-state index in [-0.39, 0.29) is 11.1 Å². The smallest absolute Gasteiger partial charge is 0.275 e. The van der Waals surface area contributed by atoms with Crippen molar-refractivity contribution in [3.05, 3.63) is 47.1 Å². The molecule has 86 valence electrons. The van der Waals surface area contributed by atoms with Crippen LogP contribution in [0.5, 0.6) is 0 Å². The summed E-state index contributed by atoms with van der Waals surface area (Å²) in [5, 5.41) is 2.87. The van der Waals surface area contributed by atoms with Gasteiger partial charge < -0.3 is 5.32 Å². The second-order valence-corrected chi connectivity index (χ2v) is 3.73. The molecule has 0 bridgehead atoms. The number of rotatable bonds is 2. The molecule has 0 saturated heterocycles. The SMILES string of the molecule is Cc1cccnc1C(=O)Nc1cnc(Cl)cn1. The van der Waals surface area contributed by atoms with E-state index in [9.17, 15) is 4.79 Å². The molecule has 2 heterocycles. The first-order valence-corrected chi connectivity index (χ1v) is 5.25. The number of nitrogens with zero attached hydrogens (tertiary/aromatic N) is 3. The monoisotopic (exact) mass is 248 g/mol. The Labute approximate surface area is 103 Å². The van der Waals surface area contributed by atoms with Gasteiger partial charge in [0.25, 0.3) is 5.91 Å². The van der Waals surface area contributed by atoms with E-state index in [2.05, 4.69) is 20.3 Å². The van der Waals surface area contributed by atoms with E-state index in [1.54, 1.807) is 12.3 Å². The highest BCUT2D eigenvalue weighted by atomic mass is 35.5. The third-order valence-electron chi connectivity index (χ3n) is 2.09. The largest absolute Gasteiger partial charge is 0.304 e. The van der Waals surface area contributed by atoms with Crippen molar-refractivity contribution >= 4 is 23.3 Å². The maximum absolute atomic E-state index is 11.8. The Morgan fingerprint density at radius 1 is 1.29 bits per heavy atom. The first kappa shape index (κ1) is 11.5. The highest BCUT2D eigenvalue weighted by molar-refractivity contribution is 6.29. The molecule has 0 fully saturated rings. The number of carbonyl (C=O) groups excluding carboxylic acids is 1. The molecule has 2 aromatic heterocycles. The summed E-state index contributed by atoms with van der Waals surface area (Å²) in [6.45, 7) is 1.81. The van der Waals surface area contributed by atoms with Crippen LogP contribution in [-0.4, -0.2) is 20.9 Å². The summed E-state index contributed by atoms with van der Waals surface area (Å²) >= 11 is 5.59. The number of carbonyl (C=O) groups is 1. The van der Waals surface area contributed by atoms with E-state index in [0.717, 1.165) is 5.56 Å². The van der Waals surface area contributed by atoms with Gasteiger partial charge in [-0.1, -0.05) is 17.7 Å². The number of halogens is 1. The Morgan fingerprint density at radius 2 is 2.12 bits per heavy atom. The zero-order valence-corrected chi connectivity index (χ0v) is 9.77. The number of pyridine rings is 1. The standard InChI is InChI=1S/C11H9ClN4O/c1-7-3-2-4-13-10(7)11(17)16-9-6-14-8(12)5-15-9/h2-6H,1H3,(H,15,16,17). The van der Waals surface area contributed by atoms with Crippen LogP contribution in [0.4, 0.5) is 5.82 Å². The molecular formula is C11H9ClN4O. The van der Waals surface area contributed by atoms with Gasteiger partial charge >= 0.3 is 0 Å². The molecule has 0 aliphatic carbocycles. The van der Waals surface area contributed by atoms with Crippen molar-refractivity contribution < 1.29 is 4.79 Å². The summed E-state index contributed by atoms with van der Waals surface area (Å²) in [5.41, 5.74) is 1.16. The summed E-state index contributed by atoms with van der Waals surface area (Å²) in [7, 11) is 0. The Morgan fingerprint density at radius 3 is 2.76 bits per heavy atom. The zero-order valence-electron chi connectivity index (χ0n) is 9.01. The van der Waals surface area contributed by atoms with Crippen LogP contribution in [0.3, 0.4) is 0 Å². The minimum Gasteiger partial charge on any atom is -0.304 e. The normalized spacial score (nSPS) is 10.0. The van der Waals surface area contributed by atoms with Crippen LogP contribution < -0.4 is 5.32 Å². The van der Waals surface area contributed by atoms with Gasteiger partial charge in [-0.05, 0) is 18.6 Å². The van der Waals surface area contributed by atoms with E-state index in [1.165, 1.54) is 12.4 Å². The van der Waals surface area contributed by atoms with E-state index in [1.807, 2.05) is 13.0 Å². The molecule has 0 radical (unpaired) electrons. The zero-order chi connectivity index (χ0) is 12.3. The Bertz CT molecular complexity index is 541. The van der Waals surface area contributed by atoms with Crippen LogP contribution in [0.2, 0.25) is 5.15 Å². The van der Waals surface area contributed by atoms with Gasteiger partial charge in [0.05, 0.1) is 12.4 Å². The van der Waals surface area contributed by atoms with Gasteiger partial charge in [0.15, 0.2) is 5.82 Å². The highest BCUT2D eigenvalue weighted by Gasteiger charge is 2.10. The second-order valence-electron chi connectivity index (χ2n) is 3.35. The molecule has 5 nitrogen and oxygen atoms in total. The van der Waals surface area contributed by atoms with Crippen molar-refractivity contribution in [2.75, 3.05) is 5.32 Å². The van der Waals surface area contributed by atoms with Crippen LogP contribution in [0, 0.1) is 6.92 Å². The van der Waals surface area contributed by atoms with Crippen molar-refractivity contribution in [1.29, 1.82) is 0 Å².